The van der Waals surface area contributed by atoms with Crippen LogP contribution in [0, 0.1) is 0 Å². The molecule has 0 radical (unpaired) electrons. The minimum absolute atomic E-state index is 0.0755. The van der Waals surface area contributed by atoms with Crippen molar-refractivity contribution in [2.45, 2.75) is 57.5 Å². The van der Waals surface area contributed by atoms with Crippen LogP contribution in [0.5, 0.6) is 0 Å². The summed E-state index contributed by atoms with van der Waals surface area (Å²) in [5, 5.41) is 4.70. The number of amides is 2. The summed E-state index contributed by atoms with van der Waals surface area (Å²) in [6.07, 6.45) is 2.45. The number of imide groups is 1. The molecule has 6 heteroatoms. The summed E-state index contributed by atoms with van der Waals surface area (Å²) < 4.78 is 1.84. The molecular weight excluding hydrogens is 328 g/mol. The lowest BCUT2D eigenvalue weighted by Gasteiger charge is -2.22. The molecule has 136 valence electrons. The second-order valence-electron chi connectivity index (χ2n) is 8.27. The van der Waals surface area contributed by atoms with E-state index in [0.29, 0.717) is 16.9 Å². The number of fused-ring (bicyclic) bond motifs is 1. The lowest BCUT2D eigenvalue weighted by atomic mass is 10.0. The Kier molecular flexibility index (Phi) is 3.68. The highest BCUT2D eigenvalue weighted by atomic mass is 16.2. The molecule has 2 aliphatic rings. The van der Waals surface area contributed by atoms with E-state index in [-0.39, 0.29) is 29.3 Å². The average molecular weight is 352 g/mol. The number of anilines is 1. The minimum Gasteiger partial charge on any atom is -0.384 e. The molecule has 6 nitrogen and oxygen atoms in total. The Hall–Kier alpha value is -2.63. The van der Waals surface area contributed by atoms with E-state index in [1.165, 1.54) is 4.90 Å². The highest BCUT2D eigenvalue weighted by Gasteiger charge is 2.43. The van der Waals surface area contributed by atoms with Crippen molar-refractivity contribution in [2.75, 3.05) is 5.73 Å². The van der Waals surface area contributed by atoms with Crippen LogP contribution in [-0.4, -0.2) is 32.5 Å². The molecule has 4 rings (SSSR count). The molecule has 2 amide bonds. The van der Waals surface area contributed by atoms with E-state index in [4.69, 9.17) is 10.8 Å². The van der Waals surface area contributed by atoms with Crippen LogP contribution in [0.2, 0.25) is 0 Å². The Morgan fingerprint density at radius 2 is 1.69 bits per heavy atom. The van der Waals surface area contributed by atoms with E-state index in [9.17, 15) is 9.59 Å². The zero-order valence-electron chi connectivity index (χ0n) is 15.4. The molecule has 2 unspecified atom stereocenters. The zero-order valence-corrected chi connectivity index (χ0v) is 15.4. The summed E-state index contributed by atoms with van der Waals surface area (Å²) in [6, 6.07) is 8.91. The second-order valence-corrected chi connectivity index (χ2v) is 8.27. The molecule has 0 spiro atoms. The highest BCUT2D eigenvalue weighted by molar-refractivity contribution is 6.21. The molecule has 1 aliphatic carbocycles. The van der Waals surface area contributed by atoms with Gasteiger partial charge in [0.2, 0.25) is 0 Å². The number of carbonyl (C=O) groups is 2. The van der Waals surface area contributed by atoms with Gasteiger partial charge in [0.05, 0.1) is 22.4 Å². The fourth-order valence-corrected chi connectivity index (χ4v) is 4.15. The Balaban J connectivity index is 1.55. The van der Waals surface area contributed by atoms with Gasteiger partial charge in [0.1, 0.15) is 5.82 Å². The predicted octanol–water partition coefficient (Wildman–Crippen LogP) is 3.15. The van der Waals surface area contributed by atoms with Crippen LogP contribution in [0.4, 0.5) is 5.82 Å². The number of nitrogen functional groups attached to an aromatic ring is 1. The molecule has 1 aromatic heterocycles. The molecule has 1 aliphatic heterocycles. The molecule has 0 saturated heterocycles. The van der Waals surface area contributed by atoms with Crippen LogP contribution in [0.15, 0.2) is 30.3 Å². The summed E-state index contributed by atoms with van der Waals surface area (Å²) in [6.45, 7) is 6.20. The van der Waals surface area contributed by atoms with Crippen molar-refractivity contribution in [3.05, 3.63) is 47.2 Å². The van der Waals surface area contributed by atoms with E-state index in [1.807, 2.05) is 10.7 Å². The van der Waals surface area contributed by atoms with Crippen LogP contribution >= 0.6 is 0 Å². The maximum atomic E-state index is 12.7. The van der Waals surface area contributed by atoms with E-state index in [0.717, 1.165) is 25.0 Å². The van der Waals surface area contributed by atoms with Crippen molar-refractivity contribution in [3.8, 4) is 0 Å². The SMILES string of the molecule is CC(C)(C)n1nc(C2CCC(N3C(=O)c4ccccc4C3=O)C2)cc1N. The van der Waals surface area contributed by atoms with Gasteiger partial charge in [-0.05, 0) is 52.2 Å². The van der Waals surface area contributed by atoms with Crippen LogP contribution in [-0.2, 0) is 5.54 Å². The topological polar surface area (TPSA) is 81.2 Å². The molecule has 26 heavy (non-hydrogen) atoms. The summed E-state index contributed by atoms with van der Waals surface area (Å²) in [5.41, 5.74) is 7.94. The van der Waals surface area contributed by atoms with Crippen molar-refractivity contribution < 1.29 is 9.59 Å². The third-order valence-corrected chi connectivity index (χ3v) is 5.41. The predicted molar refractivity (Wildman–Crippen MR) is 99.0 cm³/mol. The van der Waals surface area contributed by atoms with Crippen molar-refractivity contribution in [1.29, 1.82) is 0 Å². The van der Waals surface area contributed by atoms with E-state index in [1.54, 1.807) is 24.3 Å². The minimum atomic E-state index is -0.178. The molecule has 2 aromatic rings. The average Bonchev–Trinajstić information content (AvgIpc) is 3.26. The van der Waals surface area contributed by atoms with Gasteiger partial charge < -0.3 is 5.73 Å². The third kappa shape index (κ3) is 2.52. The molecular formula is C20H24N4O2. The Morgan fingerprint density at radius 3 is 2.23 bits per heavy atom. The molecule has 1 saturated carbocycles. The summed E-state index contributed by atoms with van der Waals surface area (Å²) in [5.74, 6) is 0.527. The number of nitrogens with two attached hydrogens (primary N) is 1. The molecule has 1 fully saturated rings. The maximum absolute atomic E-state index is 12.7. The van der Waals surface area contributed by atoms with Crippen molar-refractivity contribution in [1.82, 2.24) is 14.7 Å². The monoisotopic (exact) mass is 352 g/mol. The number of aromatic nitrogens is 2. The standard InChI is InChI=1S/C20H24N4O2/c1-20(2,3)24-17(21)11-16(22-24)12-8-9-13(10-12)23-18(25)14-6-4-5-7-15(14)19(23)26/h4-7,11-13H,8-10,21H2,1-3H3. The zero-order chi connectivity index (χ0) is 18.6. The lowest BCUT2D eigenvalue weighted by molar-refractivity contribution is 0.0586. The Morgan fingerprint density at radius 1 is 1.08 bits per heavy atom. The molecule has 2 N–H and O–H groups in total. The number of hydrogen-bond acceptors (Lipinski definition) is 4. The fraction of sp³-hybridized carbons (Fsp3) is 0.450. The highest BCUT2D eigenvalue weighted by Crippen LogP contribution is 2.40. The van der Waals surface area contributed by atoms with Gasteiger partial charge in [-0.2, -0.15) is 5.10 Å². The number of hydrogen-bond donors (Lipinski definition) is 1. The first-order valence-electron chi connectivity index (χ1n) is 9.10. The van der Waals surface area contributed by atoms with Crippen LogP contribution in [0.3, 0.4) is 0 Å². The molecule has 1 aromatic carbocycles. The first kappa shape index (κ1) is 16.8. The summed E-state index contributed by atoms with van der Waals surface area (Å²) in [4.78, 5) is 26.8. The van der Waals surface area contributed by atoms with Crippen molar-refractivity contribution >= 4 is 17.6 Å². The third-order valence-electron chi connectivity index (χ3n) is 5.41. The van der Waals surface area contributed by atoms with Gasteiger partial charge in [-0.3, -0.25) is 14.5 Å². The fourth-order valence-electron chi connectivity index (χ4n) is 4.15. The van der Waals surface area contributed by atoms with Crippen molar-refractivity contribution in [2.24, 2.45) is 0 Å². The normalized spacial score (nSPS) is 23.0. The summed E-state index contributed by atoms with van der Waals surface area (Å²) in [7, 11) is 0. The Labute approximate surface area is 153 Å². The van der Waals surface area contributed by atoms with Crippen LogP contribution < -0.4 is 5.73 Å². The van der Waals surface area contributed by atoms with Gasteiger partial charge in [-0.25, -0.2) is 4.68 Å². The van der Waals surface area contributed by atoms with Gasteiger partial charge in [-0.15, -0.1) is 0 Å². The van der Waals surface area contributed by atoms with Gasteiger partial charge >= 0.3 is 0 Å². The van der Waals surface area contributed by atoms with Gasteiger partial charge in [0.15, 0.2) is 0 Å². The van der Waals surface area contributed by atoms with Crippen molar-refractivity contribution in [3.63, 3.8) is 0 Å². The van der Waals surface area contributed by atoms with Crippen LogP contribution in [0.1, 0.15) is 72.4 Å². The number of rotatable bonds is 2. The quantitative estimate of drug-likeness (QED) is 0.842. The number of carbonyl (C=O) groups excluding carboxylic acids is 2. The maximum Gasteiger partial charge on any atom is 0.261 e. The molecule has 0 bridgehead atoms. The van der Waals surface area contributed by atoms with E-state index in [2.05, 4.69) is 20.8 Å². The Bertz CT molecular complexity index is 858. The smallest absolute Gasteiger partial charge is 0.261 e. The van der Waals surface area contributed by atoms with Gasteiger partial charge in [-0.1, -0.05) is 12.1 Å². The largest absolute Gasteiger partial charge is 0.384 e. The van der Waals surface area contributed by atoms with E-state index >= 15 is 0 Å². The molecule has 2 heterocycles. The first-order chi connectivity index (χ1) is 12.3. The van der Waals surface area contributed by atoms with Gasteiger partial charge in [0.25, 0.3) is 11.8 Å². The summed E-state index contributed by atoms with van der Waals surface area (Å²) >= 11 is 0. The van der Waals surface area contributed by atoms with Gasteiger partial charge in [0, 0.05) is 18.0 Å². The molecule has 2 atom stereocenters. The van der Waals surface area contributed by atoms with E-state index < -0.39 is 0 Å². The number of benzene rings is 1. The van der Waals surface area contributed by atoms with Crippen LogP contribution in [0.25, 0.3) is 0 Å². The number of nitrogens with zero attached hydrogens (tertiary/aromatic N) is 3. The second kappa shape index (κ2) is 5.69. The first-order valence-corrected chi connectivity index (χ1v) is 9.10. The lowest BCUT2D eigenvalue weighted by Crippen LogP contribution is -2.38.